The summed E-state index contributed by atoms with van der Waals surface area (Å²) in [4.78, 5) is 3.23. The highest BCUT2D eigenvalue weighted by Crippen LogP contribution is 2.34. The molecule has 1 aliphatic carbocycles. The van der Waals surface area contributed by atoms with Gasteiger partial charge in [0.1, 0.15) is 0 Å². The van der Waals surface area contributed by atoms with E-state index < -0.39 is 0 Å². The van der Waals surface area contributed by atoms with Crippen molar-refractivity contribution < 1.29 is 0 Å². The molecule has 0 saturated heterocycles. The molecule has 0 aromatic carbocycles. The lowest BCUT2D eigenvalue weighted by Crippen LogP contribution is -2.35. The maximum absolute atomic E-state index is 3.63. The zero-order chi connectivity index (χ0) is 10.7. The SMILES string of the molecule is CC1(C)CCC(NCc2ccc[nH]2)CC1. The lowest BCUT2D eigenvalue weighted by molar-refractivity contribution is 0.206. The van der Waals surface area contributed by atoms with Gasteiger partial charge in [-0.1, -0.05) is 13.8 Å². The number of rotatable bonds is 3. The lowest BCUT2D eigenvalue weighted by atomic mass is 9.75. The lowest BCUT2D eigenvalue weighted by Gasteiger charge is -2.34. The summed E-state index contributed by atoms with van der Waals surface area (Å²) in [5, 5.41) is 3.63. The first-order chi connectivity index (χ1) is 7.16. The number of hydrogen-bond donors (Lipinski definition) is 2. The van der Waals surface area contributed by atoms with Gasteiger partial charge in [0.05, 0.1) is 0 Å². The van der Waals surface area contributed by atoms with Crippen LogP contribution in [0, 0.1) is 5.41 Å². The largest absolute Gasteiger partial charge is 0.364 e. The number of hydrogen-bond acceptors (Lipinski definition) is 1. The molecule has 1 fully saturated rings. The third kappa shape index (κ3) is 3.10. The smallest absolute Gasteiger partial charge is 0.0359 e. The molecule has 15 heavy (non-hydrogen) atoms. The van der Waals surface area contributed by atoms with Crippen LogP contribution in [0.25, 0.3) is 0 Å². The molecule has 0 atom stereocenters. The molecule has 0 spiro atoms. The van der Waals surface area contributed by atoms with Crippen molar-refractivity contribution in [2.24, 2.45) is 5.41 Å². The first kappa shape index (κ1) is 10.7. The maximum Gasteiger partial charge on any atom is 0.0359 e. The summed E-state index contributed by atoms with van der Waals surface area (Å²) in [6.45, 7) is 5.75. The van der Waals surface area contributed by atoms with Crippen LogP contribution in [0.5, 0.6) is 0 Å². The summed E-state index contributed by atoms with van der Waals surface area (Å²) in [6.07, 6.45) is 7.35. The Balaban J connectivity index is 1.73. The summed E-state index contributed by atoms with van der Waals surface area (Å²) in [5.74, 6) is 0. The fourth-order valence-electron chi connectivity index (χ4n) is 2.34. The van der Waals surface area contributed by atoms with Gasteiger partial charge < -0.3 is 10.3 Å². The molecule has 0 amide bonds. The van der Waals surface area contributed by atoms with Crippen molar-refractivity contribution in [2.45, 2.75) is 52.1 Å². The molecule has 2 heteroatoms. The molecule has 1 aromatic heterocycles. The van der Waals surface area contributed by atoms with Crippen LogP contribution in [0.4, 0.5) is 0 Å². The highest BCUT2D eigenvalue weighted by atomic mass is 14.9. The van der Waals surface area contributed by atoms with Gasteiger partial charge in [0.15, 0.2) is 0 Å². The van der Waals surface area contributed by atoms with Crippen molar-refractivity contribution in [3.05, 3.63) is 24.0 Å². The van der Waals surface area contributed by atoms with Gasteiger partial charge in [-0.3, -0.25) is 0 Å². The van der Waals surface area contributed by atoms with Gasteiger partial charge >= 0.3 is 0 Å². The fraction of sp³-hybridized carbons (Fsp3) is 0.692. The molecule has 1 saturated carbocycles. The topological polar surface area (TPSA) is 27.8 Å². The van der Waals surface area contributed by atoms with Crippen molar-refractivity contribution in [3.8, 4) is 0 Å². The third-order valence-corrected chi connectivity index (χ3v) is 3.58. The summed E-state index contributed by atoms with van der Waals surface area (Å²) >= 11 is 0. The van der Waals surface area contributed by atoms with Gasteiger partial charge in [0.2, 0.25) is 0 Å². The fourth-order valence-corrected chi connectivity index (χ4v) is 2.34. The minimum atomic E-state index is 0.574. The van der Waals surface area contributed by atoms with Gasteiger partial charge in [0.25, 0.3) is 0 Å². The summed E-state index contributed by atoms with van der Waals surface area (Å²) < 4.78 is 0. The standard InChI is InChI=1S/C13H22N2/c1-13(2)7-5-11(6-8-13)15-10-12-4-3-9-14-12/h3-4,9,11,14-15H,5-8,10H2,1-2H3. The monoisotopic (exact) mass is 206 g/mol. The third-order valence-electron chi connectivity index (χ3n) is 3.58. The summed E-state index contributed by atoms with van der Waals surface area (Å²) in [7, 11) is 0. The van der Waals surface area contributed by atoms with E-state index in [1.54, 1.807) is 0 Å². The highest BCUT2D eigenvalue weighted by Gasteiger charge is 2.26. The first-order valence-corrected chi connectivity index (χ1v) is 6.01. The predicted octanol–water partition coefficient (Wildman–Crippen LogP) is 3.07. The molecule has 2 rings (SSSR count). The second kappa shape index (κ2) is 4.40. The van der Waals surface area contributed by atoms with Gasteiger partial charge in [-0.05, 0) is 43.2 Å². The van der Waals surface area contributed by atoms with Crippen LogP contribution in [-0.4, -0.2) is 11.0 Å². The first-order valence-electron chi connectivity index (χ1n) is 6.01. The quantitative estimate of drug-likeness (QED) is 0.781. The van der Waals surface area contributed by atoms with Crippen LogP contribution < -0.4 is 5.32 Å². The summed E-state index contributed by atoms with van der Waals surface area (Å²) in [5.41, 5.74) is 1.87. The Morgan fingerprint density at radius 1 is 1.40 bits per heavy atom. The van der Waals surface area contributed by atoms with Crippen LogP contribution in [0.3, 0.4) is 0 Å². The van der Waals surface area contributed by atoms with Crippen molar-refractivity contribution in [3.63, 3.8) is 0 Å². The second-order valence-corrected chi connectivity index (χ2v) is 5.51. The molecule has 1 aliphatic rings. The molecule has 0 bridgehead atoms. The van der Waals surface area contributed by atoms with Gasteiger partial charge in [-0.2, -0.15) is 0 Å². The Hall–Kier alpha value is -0.760. The Morgan fingerprint density at radius 2 is 2.13 bits per heavy atom. The van der Waals surface area contributed by atoms with Crippen LogP contribution in [0.1, 0.15) is 45.2 Å². The van der Waals surface area contributed by atoms with E-state index in [4.69, 9.17) is 0 Å². The van der Waals surface area contributed by atoms with Crippen molar-refractivity contribution in [2.75, 3.05) is 0 Å². The minimum Gasteiger partial charge on any atom is -0.364 e. The van der Waals surface area contributed by atoms with Crippen molar-refractivity contribution in [1.82, 2.24) is 10.3 Å². The molecular formula is C13H22N2. The average molecular weight is 206 g/mol. The van der Waals surface area contributed by atoms with E-state index in [2.05, 4.69) is 36.3 Å². The number of aromatic amines is 1. The zero-order valence-electron chi connectivity index (χ0n) is 9.84. The predicted molar refractivity (Wildman–Crippen MR) is 63.7 cm³/mol. The average Bonchev–Trinajstić information content (AvgIpc) is 2.69. The zero-order valence-corrected chi connectivity index (χ0v) is 9.84. The van der Waals surface area contributed by atoms with E-state index in [1.165, 1.54) is 31.4 Å². The Kier molecular flexibility index (Phi) is 3.15. The molecule has 84 valence electrons. The minimum absolute atomic E-state index is 0.574. The molecule has 2 N–H and O–H groups in total. The molecule has 0 aliphatic heterocycles. The van der Waals surface area contributed by atoms with Crippen molar-refractivity contribution >= 4 is 0 Å². The molecule has 0 radical (unpaired) electrons. The Morgan fingerprint density at radius 3 is 2.73 bits per heavy atom. The van der Waals surface area contributed by atoms with Gasteiger partial charge in [-0.15, -0.1) is 0 Å². The van der Waals surface area contributed by atoms with Gasteiger partial charge in [0, 0.05) is 24.5 Å². The molecular weight excluding hydrogens is 184 g/mol. The van der Waals surface area contributed by atoms with E-state index in [0.29, 0.717) is 5.41 Å². The van der Waals surface area contributed by atoms with Crippen LogP contribution in [-0.2, 0) is 6.54 Å². The van der Waals surface area contributed by atoms with E-state index in [1.807, 2.05) is 6.20 Å². The molecule has 2 nitrogen and oxygen atoms in total. The Labute approximate surface area is 92.5 Å². The van der Waals surface area contributed by atoms with E-state index in [-0.39, 0.29) is 0 Å². The van der Waals surface area contributed by atoms with E-state index in [0.717, 1.165) is 12.6 Å². The molecule has 1 heterocycles. The van der Waals surface area contributed by atoms with Crippen LogP contribution >= 0.6 is 0 Å². The van der Waals surface area contributed by atoms with E-state index in [9.17, 15) is 0 Å². The molecule has 1 aromatic rings. The summed E-state index contributed by atoms with van der Waals surface area (Å²) in [6, 6.07) is 4.92. The van der Waals surface area contributed by atoms with Gasteiger partial charge in [-0.25, -0.2) is 0 Å². The maximum atomic E-state index is 3.63. The van der Waals surface area contributed by atoms with Crippen LogP contribution in [0.15, 0.2) is 18.3 Å². The Bertz CT molecular complexity index is 277. The molecule has 0 unspecified atom stereocenters. The van der Waals surface area contributed by atoms with E-state index >= 15 is 0 Å². The number of nitrogens with one attached hydrogen (secondary N) is 2. The second-order valence-electron chi connectivity index (χ2n) is 5.51. The normalized spacial score (nSPS) is 21.7. The highest BCUT2D eigenvalue weighted by molar-refractivity contribution is 5.03. The number of H-pyrrole nitrogens is 1. The number of aromatic nitrogens is 1. The van der Waals surface area contributed by atoms with Crippen LogP contribution in [0.2, 0.25) is 0 Å². The van der Waals surface area contributed by atoms with Crippen molar-refractivity contribution in [1.29, 1.82) is 0 Å².